The van der Waals surface area contributed by atoms with E-state index in [9.17, 15) is 4.79 Å². The Labute approximate surface area is 171 Å². The van der Waals surface area contributed by atoms with Crippen LogP contribution in [0.25, 0.3) is 11.3 Å². The Kier molecular flexibility index (Phi) is 5.49. The Bertz CT molecular complexity index is 966. The Morgan fingerprint density at radius 2 is 1.79 bits per heavy atom. The molecule has 0 atom stereocenters. The van der Waals surface area contributed by atoms with Gasteiger partial charge in [0.1, 0.15) is 0 Å². The maximum absolute atomic E-state index is 12.6. The highest BCUT2D eigenvalue weighted by Gasteiger charge is 2.24. The molecule has 0 saturated carbocycles. The molecule has 2 aromatic heterocycles. The van der Waals surface area contributed by atoms with Crippen molar-refractivity contribution >= 4 is 6.03 Å². The summed E-state index contributed by atoms with van der Waals surface area (Å²) < 4.78 is 3.47. The van der Waals surface area contributed by atoms with Crippen LogP contribution in [-0.4, -0.2) is 61.6 Å². The van der Waals surface area contributed by atoms with Gasteiger partial charge in [0.05, 0.1) is 11.9 Å². The van der Waals surface area contributed by atoms with Crippen molar-refractivity contribution in [3.05, 3.63) is 60.0 Å². The van der Waals surface area contributed by atoms with Gasteiger partial charge in [0.15, 0.2) is 0 Å². The van der Waals surface area contributed by atoms with Crippen molar-refractivity contribution in [3.63, 3.8) is 0 Å². The van der Waals surface area contributed by atoms with Crippen molar-refractivity contribution < 1.29 is 4.79 Å². The van der Waals surface area contributed by atoms with Gasteiger partial charge >= 0.3 is 6.03 Å². The molecule has 1 aliphatic heterocycles. The Morgan fingerprint density at radius 1 is 1.07 bits per heavy atom. The summed E-state index contributed by atoms with van der Waals surface area (Å²) in [7, 11) is 0. The molecule has 3 aromatic rings. The van der Waals surface area contributed by atoms with Gasteiger partial charge in [-0.3, -0.25) is 9.58 Å². The number of hydrogen-bond acceptors (Lipinski definition) is 4. The second-order valence-corrected chi connectivity index (χ2v) is 7.95. The van der Waals surface area contributed by atoms with E-state index in [1.165, 1.54) is 10.2 Å². The summed E-state index contributed by atoms with van der Waals surface area (Å²) in [6.07, 6.45) is 5.66. The van der Waals surface area contributed by atoms with Crippen LogP contribution in [0.3, 0.4) is 0 Å². The number of aromatic nitrogens is 4. The van der Waals surface area contributed by atoms with Crippen molar-refractivity contribution in [2.24, 2.45) is 0 Å². The van der Waals surface area contributed by atoms with Gasteiger partial charge in [0.2, 0.25) is 0 Å². The van der Waals surface area contributed by atoms with E-state index >= 15 is 0 Å². The number of nitrogens with zero attached hydrogens (tertiary/aromatic N) is 6. The zero-order valence-corrected chi connectivity index (χ0v) is 17.3. The summed E-state index contributed by atoms with van der Waals surface area (Å²) in [5.41, 5.74) is 4.41. The SMILES string of the molecule is Cc1cnn(C(=O)N2CCN(Cc3cn(C(C)C)nc3-c3ccccc3)CC2)c1. The van der Waals surface area contributed by atoms with Crippen LogP contribution in [0.1, 0.15) is 31.0 Å². The molecule has 0 N–H and O–H groups in total. The van der Waals surface area contributed by atoms with Crippen LogP contribution >= 0.6 is 0 Å². The number of carbonyl (C=O) groups excluding carboxylic acids is 1. The van der Waals surface area contributed by atoms with E-state index < -0.39 is 0 Å². The first-order valence-electron chi connectivity index (χ1n) is 10.2. The Morgan fingerprint density at radius 3 is 2.41 bits per heavy atom. The first-order chi connectivity index (χ1) is 14.0. The fourth-order valence-electron chi connectivity index (χ4n) is 3.65. The molecule has 29 heavy (non-hydrogen) atoms. The average molecular weight is 393 g/mol. The third-order valence-electron chi connectivity index (χ3n) is 5.33. The molecule has 1 amide bonds. The fourth-order valence-corrected chi connectivity index (χ4v) is 3.65. The number of piperazine rings is 1. The molecule has 1 saturated heterocycles. The van der Waals surface area contributed by atoms with Crippen molar-refractivity contribution in [3.8, 4) is 11.3 Å². The molecular weight excluding hydrogens is 364 g/mol. The first kappa shape index (κ1) is 19.4. The van der Waals surface area contributed by atoms with Gasteiger partial charge in [-0.25, -0.2) is 4.79 Å². The number of amides is 1. The molecular formula is C22H28N6O. The van der Waals surface area contributed by atoms with E-state index in [2.05, 4.69) is 54.3 Å². The van der Waals surface area contributed by atoms with E-state index in [1.807, 2.05) is 22.6 Å². The molecule has 4 rings (SSSR count). The lowest BCUT2D eigenvalue weighted by Crippen LogP contribution is -2.49. The lowest BCUT2D eigenvalue weighted by atomic mass is 10.1. The van der Waals surface area contributed by atoms with E-state index in [0.717, 1.165) is 36.5 Å². The molecule has 1 aliphatic rings. The van der Waals surface area contributed by atoms with Crippen LogP contribution in [0.15, 0.2) is 48.9 Å². The highest BCUT2D eigenvalue weighted by molar-refractivity contribution is 5.76. The predicted molar refractivity (Wildman–Crippen MR) is 113 cm³/mol. The maximum atomic E-state index is 12.6. The van der Waals surface area contributed by atoms with Crippen LogP contribution in [0, 0.1) is 6.92 Å². The summed E-state index contributed by atoms with van der Waals surface area (Å²) in [6.45, 7) is 10.2. The molecule has 0 spiro atoms. The highest BCUT2D eigenvalue weighted by atomic mass is 16.2. The zero-order chi connectivity index (χ0) is 20.4. The van der Waals surface area contributed by atoms with Crippen molar-refractivity contribution in [2.75, 3.05) is 26.2 Å². The highest BCUT2D eigenvalue weighted by Crippen LogP contribution is 2.25. The van der Waals surface area contributed by atoms with Gasteiger partial charge in [-0.15, -0.1) is 0 Å². The van der Waals surface area contributed by atoms with Crippen LogP contribution in [0.5, 0.6) is 0 Å². The topological polar surface area (TPSA) is 59.2 Å². The summed E-state index contributed by atoms with van der Waals surface area (Å²) in [5.74, 6) is 0. The zero-order valence-electron chi connectivity index (χ0n) is 17.3. The van der Waals surface area contributed by atoms with Gasteiger partial charge in [-0.1, -0.05) is 30.3 Å². The quantitative estimate of drug-likeness (QED) is 0.683. The van der Waals surface area contributed by atoms with Crippen LogP contribution in [-0.2, 0) is 6.54 Å². The largest absolute Gasteiger partial charge is 0.344 e. The standard InChI is InChI=1S/C22H28N6O/c1-17(2)27-16-20(21(24-27)19-7-5-4-6-8-19)15-25-9-11-26(12-10-25)22(29)28-14-18(3)13-23-28/h4-8,13-14,16-17H,9-12,15H2,1-3H3. The van der Waals surface area contributed by atoms with Gasteiger partial charge < -0.3 is 4.90 Å². The Hall–Kier alpha value is -2.93. The normalized spacial score (nSPS) is 15.2. The maximum Gasteiger partial charge on any atom is 0.344 e. The molecule has 7 nitrogen and oxygen atoms in total. The van der Waals surface area contributed by atoms with Crippen molar-refractivity contribution in [1.82, 2.24) is 29.4 Å². The average Bonchev–Trinajstić information content (AvgIpc) is 3.35. The summed E-state index contributed by atoms with van der Waals surface area (Å²) in [4.78, 5) is 16.9. The fraction of sp³-hybridized carbons (Fsp3) is 0.409. The van der Waals surface area contributed by atoms with Gasteiger partial charge in [-0.2, -0.15) is 14.9 Å². The lowest BCUT2D eigenvalue weighted by Gasteiger charge is -2.34. The summed E-state index contributed by atoms with van der Waals surface area (Å²) >= 11 is 0. The molecule has 1 aromatic carbocycles. The van der Waals surface area contributed by atoms with Crippen molar-refractivity contribution in [1.29, 1.82) is 0 Å². The number of rotatable bonds is 4. The first-order valence-corrected chi connectivity index (χ1v) is 10.2. The minimum absolute atomic E-state index is 0.0460. The van der Waals surface area contributed by atoms with Crippen LogP contribution < -0.4 is 0 Å². The molecule has 0 aliphatic carbocycles. The molecule has 7 heteroatoms. The minimum atomic E-state index is -0.0460. The third kappa shape index (κ3) is 4.24. The molecule has 0 radical (unpaired) electrons. The van der Waals surface area contributed by atoms with Crippen molar-refractivity contribution in [2.45, 2.75) is 33.4 Å². The monoisotopic (exact) mass is 392 g/mol. The van der Waals surface area contributed by atoms with E-state index in [4.69, 9.17) is 5.10 Å². The number of hydrogen-bond donors (Lipinski definition) is 0. The van der Waals surface area contributed by atoms with Gasteiger partial charge in [0.25, 0.3) is 0 Å². The lowest BCUT2D eigenvalue weighted by molar-refractivity contribution is 0.134. The Balaban J connectivity index is 1.45. The van der Waals surface area contributed by atoms with Crippen LogP contribution in [0.4, 0.5) is 4.79 Å². The predicted octanol–water partition coefficient (Wildman–Crippen LogP) is 3.42. The third-order valence-corrected chi connectivity index (χ3v) is 5.33. The molecule has 3 heterocycles. The molecule has 0 unspecified atom stereocenters. The number of aryl methyl sites for hydroxylation is 1. The van der Waals surface area contributed by atoms with E-state index in [-0.39, 0.29) is 6.03 Å². The van der Waals surface area contributed by atoms with E-state index in [0.29, 0.717) is 19.1 Å². The van der Waals surface area contributed by atoms with Gasteiger partial charge in [0, 0.05) is 62.3 Å². The molecule has 152 valence electrons. The summed E-state index contributed by atoms with van der Waals surface area (Å²) in [6, 6.07) is 10.6. The molecule has 1 fully saturated rings. The van der Waals surface area contributed by atoms with Gasteiger partial charge in [-0.05, 0) is 26.3 Å². The second kappa shape index (κ2) is 8.21. The summed E-state index contributed by atoms with van der Waals surface area (Å²) in [5, 5.41) is 8.99. The number of benzene rings is 1. The number of carbonyl (C=O) groups is 1. The molecule has 0 bridgehead atoms. The van der Waals surface area contributed by atoms with E-state index in [1.54, 1.807) is 12.4 Å². The second-order valence-electron chi connectivity index (χ2n) is 7.95. The smallest absolute Gasteiger partial charge is 0.320 e. The van der Waals surface area contributed by atoms with Crippen LogP contribution in [0.2, 0.25) is 0 Å². The minimum Gasteiger partial charge on any atom is -0.320 e.